The van der Waals surface area contributed by atoms with E-state index in [1.54, 1.807) is 0 Å². The first kappa shape index (κ1) is 9.09. The summed E-state index contributed by atoms with van der Waals surface area (Å²) in [5, 5.41) is 0. The normalized spacial score (nSPS) is 21.5. The van der Waals surface area contributed by atoms with Gasteiger partial charge in [-0.05, 0) is 18.1 Å². The summed E-state index contributed by atoms with van der Waals surface area (Å²) >= 11 is 1.46. The molecule has 1 unspecified atom stereocenters. The molecule has 0 aliphatic carbocycles. The number of hydrogen-bond acceptors (Lipinski definition) is 3. The Morgan fingerprint density at radius 2 is 2.08 bits per heavy atom. The predicted octanol–water partition coefficient (Wildman–Crippen LogP) is 1.71. The maximum Gasteiger partial charge on any atom is 0.160 e. The molecule has 0 radical (unpaired) electrons. The highest BCUT2D eigenvalue weighted by atomic mass is 32.3. The van der Waals surface area contributed by atoms with Gasteiger partial charge in [-0.2, -0.15) is 0 Å². The van der Waals surface area contributed by atoms with Gasteiger partial charge in [-0.15, -0.1) is 11.8 Å². The van der Waals surface area contributed by atoms with Crippen LogP contribution in [-0.2, 0) is 16.3 Å². The fraction of sp³-hybridized carbons (Fsp3) is 0.333. The highest BCUT2D eigenvalue weighted by molar-refractivity contribution is 8.13. The molecule has 0 saturated heterocycles. The van der Waals surface area contributed by atoms with Gasteiger partial charge >= 0.3 is 0 Å². The van der Waals surface area contributed by atoms with Gasteiger partial charge in [0.2, 0.25) is 0 Å². The predicted molar refractivity (Wildman–Crippen MR) is 54.6 cm³/mol. The Hall–Kier alpha value is -0.480. The molecule has 0 saturated carbocycles. The van der Waals surface area contributed by atoms with E-state index in [2.05, 4.69) is 0 Å². The summed E-state index contributed by atoms with van der Waals surface area (Å²) in [6, 6.07) is 7.86. The van der Waals surface area contributed by atoms with Crippen molar-refractivity contribution in [3.8, 4) is 0 Å². The lowest BCUT2D eigenvalue weighted by Gasteiger charge is -2.03. The van der Waals surface area contributed by atoms with Crippen molar-refractivity contribution in [1.29, 1.82) is 0 Å². The third-order valence-electron chi connectivity index (χ3n) is 2.10. The SMILES string of the molecule is CS(=O)(=O)C1Cc2ccccc2S1. The summed E-state index contributed by atoms with van der Waals surface area (Å²) in [6.07, 6.45) is 1.95. The molecule has 1 aromatic carbocycles. The molecule has 70 valence electrons. The first-order valence-corrected chi connectivity index (χ1v) is 6.84. The van der Waals surface area contributed by atoms with Gasteiger partial charge in [0.15, 0.2) is 9.84 Å². The molecule has 4 heteroatoms. The third-order valence-corrected chi connectivity index (χ3v) is 5.64. The fourth-order valence-electron chi connectivity index (χ4n) is 1.39. The van der Waals surface area contributed by atoms with Crippen LogP contribution in [0, 0.1) is 0 Å². The van der Waals surface area contributed by atoms with E-state index in [-0.39, 0.29) is 4.58 Å². The number of sulfone groups is 1. The van der Waals surface area contributed by atoms with Gasteiger partial charge in [0.25, 0.3) is 0 Å². The number of hydrogen-bond donors (Lipinski definition) is 0. The van der Waals surface area contributed by atoms with Crippen LogP contribution in [0.4, 0.5) is 0 Å². The van der Waals surface area contributed by atoms with Gasteiger partial charge in [0.05, 0.1) is 0 Å². The molecule has 13 heavy (non-hydrogen) atoms. The van der Waals surface area contributed by atoms with E-state index in [0.717, 1.165) is 10.5 Å². The molecule has 0 bridgehead atoms. The van der Waals surface area contributed by atoms with Crippen LogP contribution in [0.5, 0.6) is 0 Å². The highest BCUT2D eigenvalue weighted by Gasteiger charge is 2.29. The van der Waals surface area contributed by atoms with Crippen molar-refractivity contribution in [2.75, 3.05) is 6.26 Å². The maximum atomic E-state index is 11.3. The van der Waals surface area contributed by atoms with Gasteiger partial charge in [0.1, 0.15) is 4.58 Å². The Morgan fingerprint density at radius 1 is 1.38 bits per heavy atom. The Kier molecular flexibility index (Phi) is 2.12. The Bertz CT molecular complexity index is 398. The summed E-state index contributed by atoms with van der Waals surface area (Å²) in [7, 11) is -2.91. The number of rotatable bonds is 1. The van der Waals surface area contributed by atoms with Gasteiger partial charge in [-0.1, -0.05) is 18.2 Å². The van der Waals surface area contributed by atoms with Crippen LogP contribution in [0.25, 0.3) is 0 Å². The second kappa shape index (κ2) is 3.03. The molecular weight excluding hydrogens is 204 g/mol. The van der Waals surface area contributed by atoms with Crippen LogP contribution >= 0.6 is 11.8 Å². The minimum absolute atomic E-state index is 0.273. The molecule has 0 amide bonds. The first-order chi connectivity index (χ1) is 6.07. The van der Waals surface area contributed by atoms with Crippen molar-refractivity contribution in [2.45, 2.75) is 15.9 Å². The zero-order valence-electron chi connectivity index (χ0n) is 7.23. The van der Waals surface area contributed by atoms with Crippen molar-refractivity contribution in [3.05, 3.63) is 29.8 Å². The first-order valence-electron chi connectivity index (χ1n) is 4.01. The summed E-state index contributed by atoms with van der Waals surface area (Å²) in [6.45, 7) is 0. The lowest BCUT2D eigenvalue weighted by molar-refractivity contribution is 0.599. The van der Waals surface area contributed by atoms with Crippen LogP contribution in [0.1, 0.15) is 5.56 Å². The van der Waals surface area contributed by atoms with Crippen LogP contribution in [0.3, 0.4) is 0 Å². The maximum absolute atomic E-state index is 11.3. The van der Waals surface area contributed by atoms with Crippen molar-refractivity contribution < 1.29 is 8.42 Å². The van der Waals surface area contributed by atoms with E-state index >= 15 is 0 Å². The lowest BCUT2D eigenvalue weighted by Crippen LogP contribution is -2.14. The zero-order chi connectivity index (χ0) is 9.47. The van der Waals surface area contributed by atoms with Crippen molar-refractivity contribution in [2.24, 2.45) is 0 Å². The monoisotopic (exact) mass is 214 g/mol. The molecule has 1 aromatic rings. The van der Waals surface area contributed by atoms with Gasteiger partial charge < -0.3 is 0 Å². The molecule has 0 fully saturated rings. The molecule has 1 heterocycles. The quantitative estimate of drug-likeness (QED) is 0.713. The largest absolute Gasteiger partial charge is 0.228 e. The zero-order valence-corrected chi connectivity index (χ0v) is 8.86. The number of thioether (sulfide) groups is 1. The van der Waals surface area contributed by atoms with E-state index in [1.807, 2.05) is 24.3 Å². The molecule has 1 aliphatic rings. The summed E-state index contributed by atoms with van der Waals surface area (Å²) in [5.41, 5.74) is 1.16. The van der Waals surface area contributed by atoms with Crippen molar-refractivity contribution in [3.63, 3.8) is 0 Å². The summed E-state index contributed by atoms with van der Waals surface area (Å²) in [5.74, 6) is 0. The Labute approximate surface area is 82.3 Å². The van der Waals surface area contributed by atoms with E-state index in [4.69, 9.17) is 0 Å². The van der Waals surface area contributed by atoms with Gasteiger partial charge in [0, 0.05) is 11.2 Å². The van der Waals surface area contributed by atoms with E-state index in [0.29, 0.717) is 6.42 Å². The molecule has 0 spiro atoms. The minimum Gasteiger partial charge on any atom is -0.228 e. The standard InChI is InChI=1S/C9H10O2S2/c1-13(10,11)9-6-7-4-2-3-5-8(7)12-9/h2-5,9H,6H2,1H3. The molecule has 2 rings (SSSR count). The highest BCUT2D eigenvalue weighted by Crippen LogP contribution is 2.38. The number of fused-ring (bicyclic) bond motifs is 1. The Morgan fingerprint density at radius 3 is 2.69 bits per heavy atom. The molecule has 0 N–H and O–H groups in total. The molecule has 1 atom stereocenters. The Balaban J connectivity index is 2.33. The van der Waals surface area contributed by atoms with E-state index < -0.39 is 9.84 Å². The van der Waals surface area contributed by atoms with Crippen LogP contribution in [-0.4, -0.2) is 19.3 Å². The smallest absolute Gasteiger partial charge is 0.160 e. The van der Waals surface area contributed by atoms with Crippen molar-refractivity contribution in [1.82, 2.24) is 0 Å². The third kappa shape index (κ3) is 1.74. The lowest BCUT2D eigenvalue weighted by atomic mass is 10.2. The molecule has 1 aliphatic heterocycles. The van der Waals surface area contributed by atoms with Crippen LogP contribution in [0.2, 0.25) is 0 Å². The topological polar surface area (TPSA) is 34.1 Å². The fourth-order valence-corrected chi connectivity index (χ4v) is 3.89. The van der Waals surface area contributed by atoms with Crippen molar-refractivity contribution >= 4 is 21.6 Å². The van der Waals surface area contributed by atoms with Gasteiger partial charge in [-0.3, -0.25) is 0 Å². The molecule has 2 nitrogen and oxygen atoms in total. The average molecular weight is 214 g/mol. The average Bonchev–Trinajstić information content (AvgIpc) is 2.45. The van der Waals surface area contributed by atoms with E-state index in [9.17, 15) is 8.42 Å². The van der Waals surface area contributed by atoms with E-state index in [1.165, 1.54) is 18.0 Å². The second-order valence-corrected chi connectivity index (χ2v) is 6.96. The minimum atomic E-state index is -2.91. The summed E-state index contributed by atoms with van der Waals surface area (Å²) in [4.78, 5) is 1.11. The molecule has 0 aromatic heterocycles. The molecular formula is C9H10O2S2. The van der Waals surface area contributed by atoms with Crippen LogP contribution in [0.15, 0.2) is 29.2 Å². The number of benzene rings is 1. The van der Waals surface area contributed by atoms with Crippen LogP contribution < -0.4 is 0 Å². The van der Waals surface area contributed by atoms with Gasteiger partial charge in [-0.25, -0.2) is 8.42 Å². The summed E-state index contributed by atoms with van der Waals surface area (Å²) < 4.78 is 22.3. The second-order valence-electron chi connectivity index (χ2n) is 3.19.